The summed E-state index contributed by atoms with van der Waals surface area (Å²) in [6.07, 6.45) is 1.74. The van der Waals surface area contributed by atoms with E-state index in [1.54, 1.807) is 13.0 Å². The van der Waals surface area contributed by atoms with E-state index in [2.05, 4.69) is 15.9 Å². The SMILES string of the molecule is CCN1C(=O)SC(=Cc2ccc(OCc3ccc(Br)cc3)cc2)C1=O. The number of ether oxygens (including phenoxy) is 1. The first-order valence-corrected chi connectivity index (χ1v) is 9.40. The van der Waals surface area contributed by atoms with Crippen molar-refractivity contribution >= 4 is 44.9 Å². The largest absolute Gasteiger partial charge is 0.489 e. The lowest BCUT2D eigenvalue weighted by Crippen LogP contribution is -2.27. The highest BCUT2D eigenvalue weighted by atomic mass is 79.9. The molecule has 4 nitrogen and oxygen atoms in total. The Hall–Kier alpha value is -2.05. The van der Waals surface area contributed by atoms with E-state index in [1.807, 2.05) is 48.5 Å². The van der Waals surface area contributed by atoms with Gasteiger partial charge in [-0.2, -0.15) is 0 Å². The lowest BCUT2D eigenvalue weighted by molar-refractivity contribution is -0.122. The predicted octanol–water partition coefficient (Wildman–Crippen LogP) is 5.08. The van der Waals surface area contributed by atoms with Gasteiger partial charge < -0.3 is 4.74 Å². The maximum absolute atomic E-state index is 12.1. The summed E-state index contributed by atoms with van der Waals surface area (Å²) >= 11 is 4.38. The normalized spacial score (nSPS) is 15.9. The molecule has 1 heterocycles. The van der Waals surface area contributed by atoms with Crippen molar-refractivity contribution in [3.05, 3.63) is 69.0 Å². The van der Waals surface area contributed by atoms with Crippen LogP contribution in [0.2, 0.25) is 0 Å². The van der Waals surface area contributed by atoms with Gasteiger partial charge >= 0.3 is 0 Å². The number of thioether (sulfide) groups is 1. The summed E-state index contributed by atoms with van der Waals surface area (Å²) in [5.74, 6) is 0.523. The molecule has 6 heteroatoms. The average Bonchev–Trinajstić information content (AvgIpc) is 2.88. The Bertz CT molecular complexity index is 816. The Kier molecular flexibility index (Phi) is 5.60. The molecule has 0 bridgehead atoms. The molecular formula is C19H16BrNO3S. The highest BCUT2D eigenvalue weighted by molar-refractivity contribution is 9.10. The lowest BCUT2D eigenvalue weighted by Gasteiger charge is -2.07. The minimum absolute atomic E-state index is 0.215. The molecule has 0 aliphatic carbocycles. The third-order valence-electron chi connectivity index (χ3n) is 3.69. The van der Waals surface area contributed by atoms with E-state index in [1.165, 1.54) is 4.90 Å². The summed E-state index contributed by atoms with van der Waals surface area (Å²) in [5, 5.41) is -0.215. The van der Waals surface area contributed by atoms with Gasteiger partial charge in [-0.3, -0.25) is 14.5 Å². The molecule has 2 aromatic rings. The van der Waals surface area contributed by atoms with Gasteiger partial charge in [-0.1, -0.05) is 40.2 Å². The maximum Gasteiger partial charge on any atom is 0.293 e. The van der Waals surface area contributed by atoms with Crippen molar-refractivity contribution in [2.24, 2.45) is 0 Å². The second-order valence-corrected chi connectivity index (χ2v) is 7.32. The number of carbonyl (C=O) groups is 2. The van der Waals surface area contributed by atoms with Gasteiger partial charge in [0.25, 0.3) is 11.1 Å². The first-order valence-electron chi connectivity index (χ1n) is 7.79. The molecule has 0 aromatic heterocycles. The smallest absolute Gasteiger partial charge is 0.293 e. The number of hydrogen-bond donors (Lipinski definition) is 0. The van der Waals surface area contributed by atoms with E-state index >= 15 is 0 Å². The summed E-state index contributed by atoms with van der Waals surface area (Å²) in [4.78, 5) is 25.5. The molecule has 0 N–H and O–H groups in total. The van der Waals surface area contributed by atoms with Gasteiger partial charge in [-0.05, 0) is 60.2 Å². The van der Waals surface area contributed by atoms with Crippen molar-refractivity contribution in [3.63, 3.8) is 0 Å². The Balaban J connectivity index is 1.64. The quantitative estimate of drug-likeness (QED) is 0.635. The molecule has 0 unspecified atom stereocenters. The van der Waals surface area contributed by atoms with Crippen molar-refractivity contribution in [1.29, 1.82) is 0 Å². The minimum atomic E-state index is -0.229. The maximum atomic E-state index is 12.1. The van der Waals surface area contributed by atoms with Crippen LogP contribution < -0.4 is 4.74 Å². The monoisotopic (exact) mass is 417 g/mol. The molecule has 25 heavy (non-hydrogen) atoms. The van der Waals surface area contributed by atoms with E-state index in [-0.39, 0.29) is 11.1 Å². The lowest BCUT2D eigenvalue weighted by atomic mass is 10.2. The Labute approximate surface area is 159 Å². The molecule has 128 valence electrons. The number of imide groups is 1. The number of hydrogen-bond acceptors (Lipinski definition) is 4. The van der Waals surface area contributed by atoms with Gasteiger partial charge in [0.05, 0.1) is 4.91 Å². The average molecular weight is 418 g/mol. The highest BCUT2D eigenvalue weighted by Crippen LogP contribution is 2.32. The number of nitrogens with zero attached hydrogens (tertiary/aromatic N) is 1. The van der Waals surface area contributed by atoms with Crippen LogP contribution in [0.1, 0.15) is 18.1 Å². The Morgan fingerprint density at radius 3 is 2.36 bits per heavy atom. The number of carbonyl (C=O) groups excluding carboxylic acids is 2. The molecule has 3 rings (SSSR count). The molecule has 1 aliphatic rings. The molecule has 1 saturated heterocycles. The zero-order valence-electron chi connectivity index (χ0n) is 13.6. The summed E-state index contributed by atoms with van der Waals surface area (Å²) < 4.78 is 6.79. The van der Waals surface area contributed by atoms with E-state index in [9.17, 15) is 9.59 Å². The number of likely N-dealkylation sites (N-methyl/N-ethyl adjacent to an activating group) is 1. The predicted molar refractivity (Wildman–Crippen MR) is 103 cm³/mol. The molecule has 0 saturated carbocycles. The third-order valence-corrected chi connectivity index (χ3v) is 5.12. The first kappa shape index (κ1) is 17.8. The molecule has 0 radical (unpaired) electrons. The Morgan fingerprint density at radius 1 is 1.08 bits per heavy atom. The first-order chi connectivity index (χ1) is 12.1. The van der Waals surface area contributed by atoms with Crippen molar-refractivity contribution < 1.29 is 14.3 Å². The van der Waals surface area contributed by atoms with Gasteiger partial charge in [-0.25, -0.2) is 0 Å². The fraction of sp³-hybridized carbons (Fsp3) is 0.158. The molecule has 1 aliphatic heterocycles. The van der Waals surface area contributed by atoms with Crippen LogP contribution in [0.3, 0.4) is 0 Å². The second-order valence-electron chi connectivity index (χ2n) is 5.41. The topological polar surface area (TPSA) is 46.6 Å². The number of amides is 2. The van der Waals surface area contributed by atoms with Crippen LogP contribution in [0.5, 0.6) is 5.75 Å². The molecular weight excluding hydrogens is 402 g/mol. The summed E-state index contributed by atoms with van der Waals surface area (Å²) in [5.41, 5.74) is 1.94. The van der Waals surface area contributed by atoms with E-state index in [0.29, 0.717) is 18.1 Å². The summed E-state index contributed by atoms with van der Waals surface area (Å²) in [6, 6.07) is 15.4. The van der Waals surface area contributed by atoms with E-state index in [0.717, 1.165) is 33.1 Å². The van der Waals surface area contributed by atoms with Gasteiger partial charge in [0.15, 0.2) is 0 Å². The fourth-order valence-corrected chi connectivity index (χ4v) is 3.50. The Morgan fingerprint density at radius 2 is 1.76 bits per heavy atom. The van der Waals surface area contributed by atoms with Crippen molar-refractivity contribution in [2.45, 2.75) is 13.5 Å². The third kappa shape index (κ3) is 4.32. The summed E-state index contributed by atoms with van der Waals surface area (Å²) in [6.45, 7) is 2.67. The van der Waals surface area contributed by atoms with Gasteiger partial charge in [0.1, 0.15) is 12.4 Å². The zero-order valence-corrected chi connectivity index (χ0v) is 16.0. The minimum Gasteiger partial charge on any atom is -0.489 e. The van der Waals surface area contributed by atoms with Gasteiger partial charge in [-0.15, -0.1) is 0 Å². The van der Waals surface area contributed by atoms with Crippen LogP contribution in [0.15, 0.2) is 57.9 Å². The van der Waals surface area contributed by atoms with Crippen LogP contribution in [-0.4, -0.2) is 22.6 Å². The molecule has 1 fully saturated rings. The zero-order chi connectivity index (χ0) is 17.8. The van der Waals surface area contributed by atoms with Crippen LogP contribution in [-0.2, 0) is 11.4 Å². The van der Waals surface area contributed by atoms with Crippen molar-refractivity contribution in [3.8, 4) is 5.75 Å². The van der Waals surface area contributed by atoms with E-state index in [4.69, 9.17) is 4.74 Å². The van der Waals surface area contributed by atoms with Crippen LogP contribution in [0.4, 0.5) is 4.79 Å². The van der Waals surface area contributed by atoms with Crippen molar-refractivity contribution in [2.75, 3.05) is 6.54 Å². The fourth-order valence-electron chi connectivity index (χ4n) is 2.33. The summed E-state index contributed by atoms with van der Waals surface area (Å²) in [7, 11) is 0. The molecule has 0 atom stereocenters. The molecule has 2 aromatic carbocycles. The number of halogens is 1. The second kappa shape index (κ2) is 7.89. The molecule has 0 spiro atoms. The number of benzene rings is 2. The van der Waals surface area contributed by atoms with Crippen molar-refractivity contribution in [1.82, 2.24) is 4.90 Å². The van der Waals surface area contributed by atoms with Crippen LogP contribution in [0.25, 0.3) is 6.08 Å². The van der Waals surface area contributed by atoms with Gasteiger partial charge in [0.2, 0.25) is 0 Å². The number of rotatable bonds is 5. The van der Waals surface area contributed by atoms with Crippen LogP contribution >= 0.6 is 27.7 Å². The molecule has 2 amide bonds. The van der Waals surface area contributed by atoms with Crippen LogP contribution in [0, 0.1) is 0 Å². The van der Waals surface area contributed by atoms with E-state index < -0.39 is 0 Å². The highest BCUT2D eigenvalue weighted by Gasteiger charge is 2.33. The standard InChI is InChI=1S/C19H16BrNO3S/c1-2-21-18(22)17(25-19(21)23)11-13-5-9-16(10-6-13)24-12-14-3-7-15(20)8-4-14/h3-11H,2,12H2,1H3. The van der Waals surface area contributed by atoms with Gasteiger partial charge in [0, 0.05) is 11.0 Å².